The van der Waals surface area contributed by atoms with Gasteiger partial charge in [-0.1, -0.05) is 0 Å². The Kier molecular flexibility index (Phi) is 3.89. The number of carbonyl (C=O) groups is 3. The van der Waals surface area contributed by atoms with Crippen LogP contribution < -0.4 is 5.32 Å². The van der Waals surface area contributed by atoms with Crippen molar-refractivity contribution in [3.8, 4) is 0 Å². The molecule has 0 saturated carbocycles. The molecule has 2 amide bonds. The van der Waals surface area contributed by atoms with E-state index in [-0.39, 0.29) is 17.6 Å². The third-order valence-electron chi connectivity index (χ3n) is 2.92. The SMILES string of the molecule is CC(=O)Nc1cc(C(=O)N2CCC(=O)CC2)ccn1. The highest BCUT2D eigenvalue weighted by Crippen LogP contribution is 2.13. The summed E-state index contributed by atoms with van der Waals surface area (Å²) in [5.41, 5.74) is 0.466. The van der Waals surface area contributed by atoms with Crippen molar-refractivity contribution in [1.82, 2.24) is 9.88 Å². The Bertz CT molecular complexity index is 518. The quantitative estimate of drug-likeness (QED) is 0.855. The second-order valence-corrected chi connectivity index (χ2v) is 4.44. The third kappa shape index (κ3) is 3.37. The number of ketones is 1. The van der Waals surface area contributed by atoms with Gasteiger partial charge < -0.3 is 10.2 Å². The fourth-order valence-corrected chi connectivity index (χ4v) is 1.95. The summed E-state index contributed by atoms with van der Waals surface area (Å²) in [4.78, 5) is 39.9. The predicted molar refractivity (Wildman–Crippen MR) is 68.7 cm³/mol. The monoisotopic (exact) mass is 261 g/mol. The van der Waals surface area contributed by atoms with Crippen molar-refractivity contribution in [2.24, 2.45) is 0 Å². The zero-order valence-electron chi connectivity index (χ0n) is 10.7. The molecule has 0 aliphatic carbocycles. The molecule has 6 nitrogen and oxygen atoms in total. The molecule has 0 unspecified atom stereocenters. The normalized spacial score (nSPS) is 15.2. The van der Waals surface area contributed by atoms with Gasteiger partial charge in [0.2, 0.25) is 5.91 Å². The average molecular weight is 261 g/mol. The molecule has 1 aliphatic heterocycles. The molecule has 1 saturated heterocycles. The Morgan fingerprint density at radius 1 is 1.32 bits per heavy atom. The number of piperidine rings is 1. The van der Waals surface area contributed by atoms with E-state index in [2.05, 4.69) is 10.3 Å². The van der Waals surface area contributed by atoms with Gasteiger partial charge in [0.25, 0.3) is 5.91 Å². The summed E-state index contributed by atoms with van der Waals surface area (Å²) < 4.78 is 0. The lowest BCUT2D eigenvalue weighted by atomic mass is 10.1. The lowest BCUT2D eigenvalue weighted by Gasteiger charge is -2.26. The van der Waals surface area contributed by atoms with Crippen LogP contribution in [0.1, 0.15) is 30.1 Å². The predicted octanol–water partition coefficient (Wildman–Crippen LogP) is 0.845. The zero-order valence-corrected chi connectivity index (χ0v) is 10.7. The van der Waals surface area contributed by atoms with Crippen LogP contribution in [0.5, 0.6) is 0 Å². The summed E-state index contributed by atoms with van der Waals surface area (Å²) in [5, 5.41) is 2.54. The van der Waals surface area contributed by atoms with Gasteiger partial charge in [0.15, 0.2) is 0 Å². The van der Waals surface area contributed by atoms with Gasteiger partial charge in [-0.25, -0.2) is 4.98 Å². The van der Waals surface area contributed by atoms with Gasteiger partial charge in [-0.3, -0.25) is 14.4 Å². The van der Waals surface area contributed by atoms with E-state index < -0.39 is 0 Å². The Morgan fingerprint density at radius 2 is 2.00 bits per heavy atom. The summed E-state index contributed by atoms with van der Waals surface area (Å²) in [6.45, 7) is 2.29. The summed E-state index contributed by atoms with van der Waals surface area (Å²) >= 11 is 0. The van der Waals surface area contributed by atoms with Crippen LogP contribution in [-0.2, 0) is 9.59 Å². The number of carbonyl (C=O) groups excluding carboxylic acids is 3. The van der Waals surface area contributed by atoms with Gasteiger partial charge in [-0.15, -0.1) is 0 Å². The van der Waals surface area contributed by atoms with E-state index in [1.165, 1.54) is 13.1 Å². The molecule has 0 atom stereocenters. The number of hydrogen-bond donors (Lipinski definition) is 1. The molecular weight excluding hydrogens is 246 g/mol. The van der Waals surface area contributed by atoms with Crippen LogP contribution in [-0.4, -0.2) is 40.6 Å². The number of rotatable bonds is 2. The molecule has 0 spiro atoms. The molecule has 1 N–H and O–H groups in total. The minimum Gasteiger partial charge on any atom is -0.338 e. The molecule has 2 heterocycles. The highest BCUT2D eigenvalue weighted by molar-refractivity contribution is 5.97. The molecule has 1 aromatic rings. The van der Waals surface area contributed by atoms with Crippen molar-refractivity contribution in [3.63, 3.8) is 0 Å². The summed E-state index contributed by atoms with van der Waals surface area (Å²) in [5.74, 6) is 0.173. The molecule has 19 heavy (non-hydrogen) atoms. The molecule has 2 rings (SSSR count). The number of hydrogen-bond acceptors (Lipinski definition) is 4. The van der Waals surface area contributed by atoms with Gasteiger partial charge in [-0.05, 0) is 12.1 Å². The van der Waals surface area contributed by atoms with Crippen LogP contribution in [0.3, 0.4) is 0 Å². The first kappa shape index (κ1) is 13.2. The molecule has 6 heteroatoms. The lowest BCUT2D eigenvalue weighted by molar-refractivity contribution is -0.121. The second kappa shape index (κ2) is 5.60. The minimum absolute atomic E-state index is 0.137. The van der Waals surface area contributed by atoms with Crippen molar-refractivity contribution in [2.45, 2.75) is 19.8 Å². The maximum absolute atomic E-state index is 12.2. The number of likely N-dealkylation sites (tertiary alicyclic amines) is 1. The van der Waals surface area contributed by atoms with Crippen LogP contribution in [0.4, 0.5) is 5.82 Å². The molecule has 1 fully saturated rings. The third-order valence-corrected chi connectivity index (χ3v) is 2.92. The first-order chi connectivity index (χ1) is 9.06. The molecule has 1 aliphatic rings. The van der Waals surface area contributed by atoms with Crippen LogP contribution in [0.15, 0.2) is 18.3 Å². The van der Waals surface area contributed by atoms with E-state index in [9.17, 15) is 14.4 Å². The number of aromatic nitrogens is 1. The number of anilines is 1. The molecule has 100 valence electrons. The van der Waals surface area contributed by atoms with Crippen molar-refractivity contribution >= 4 is 23.4 Å². The second-order valence-electron chi connectivity index (χ2n) is 4.44. The van der Waals surface area contributed by atoms with Crippen LogP contribution in [0.2, 0.25) is 0 Å². The van der Waals surface area contributed by atoms with Crippen LogP contribution in [0, 0.1) is 0 Å². The van der Waals surface area contributed by atoms with Crippen molar-refractivity contribution in [3.05, 3.63) is 23.9 Å². The molecule has 0 aromatic carbocycles. The number of amides is 2. The number of pyridine rings is 1. The van der Waals surface area contributed by atoms with E-state index >= 15 is 0 Å². The van der Waals surface area contributed by atoms with Crippen LogP contribution in [0.25, 0.3) is 0 Å². The minimum atomic E-state index is -0.235. The van der Waals surface area contributed by atoms with Crippen molar-refractivity contribution < 1.29 is 14.4 Å². The van der Waals surface area contributed by atoms with Crippen LogP contribution >= 0.6 is 0 Å². The molecule has 0 radical (unpaired) electrons. The fraction of sp³-hybridized carbons (Fsp3) is 0.385. The van der Waals surface area contributed by atoms with Gasteiger partial charge in [0, 0.05) is 44.6 Å². The van der Waals surface area contributed by atoms with E-state index in [1.807, 2.05) is 0 Å². The Morgan fingerprint density at radius 3 is 2.63 bits per heavy atom. The van der Waals surface area contributed by atoms with Gasteiger partial charge in [0.1, 0.15) is 11.6 Å². The van der Waals surface area contributed by atoms with E-state index in [0.29, 0.717) is 37.3 Å². The highest BCUT2D eigenvalue weighted by Gasteiger charge is 2.22. The average Bonchev–Trinajstić information content (AvgIpc) is 2.38. The maximum Gasteiger partial charge on any atom is 0.254 e. The Labute approximate surface area is 110 Å². The largest absolute Gasteiger partial charge is 0.338 e. The molecule has 1 aromatic heterocycles. The Balaban J connectivity index is 2.10. The molecular formula is C13H15N3O3. The van der Waals surface area contributed by atoms with Gasteiger partial charge in [0.05, 0.1) is 0 Å². The number of nitrogens with zero attached hydrogens (tertiary/aromatic N) is 2. The zero-order chi connectivity index (χ0) is 13.8. The fourth-order valence-electron chi connectivity index (χ4n) is 1.95. The van der Waals surface area contributed by atoms with Gasteiger partial charge in [-0.2, -0.15) is 0 Å². The first-order valence-corrected chi connectivity index (χ1v) is 6.11. The van der Waals surface area contributed by atoms with E-state index in [0.717, 1.165) is 0 Å². The first-order valence-electron chi connectivity index (χ1n) is 6.11. The maximum atomic E-state index is 12.2. The lowest BCUT2D eigenvalue weighted by Crippen LogP contribution is -2.38. The Hall–Kier alpha value is -2.24. The van der Waals surface area contributed by atoms with Gasteiger partial charge >= 0.3 is 0 Å². The van der Waals surface area contributed by atoms with E-state index in [4.69, 9.17) is 0 Å². The summed E-state index contributed by atoms with van der Waals surface area (Å²) in [6.07, 6.45) is 2.30. The van der Waals surface area contributed by atoms with Crippen molar-refractivity contribution in [1.29, 1.82) is 0 Å². The summed E-state index contributed by atoms with van der Waals surface area (Å²) in [6, 6.07) is 3.14. The van der Waals surface area contributed by atoms with E-state index in [1.54, 1.807) is 17.0 Å². The summed E-state index contributed by atoms with van der Waals surface area (Å²) in [7, 11) is 0. The van der Waals surface area contributed by atoms with Crippen molar-refractivity contribution in [2.75, 3.05) is 18.4 Å². The highest BCUT2D eigenvalue weighted by atomic mass is 16.2. The number of nitrogens with one attached hydrogen (secondary N) is 1. The topological polar surface area (TPSA) is 79.4 Å². The number of Topliss-reactive ketones (excluding diaryl/α,β-unsaturated/α-hetero) is 1. The molecule has 0 bridgehead atoms. The standard InChI is InChI=1S/C13H15N3O3/c1-9(17)15-12-8-10(2-5-14-12)13(19)16-6-3-11(18)4-7-16/h2,5,8H,3-4,6-7H2,1H3,(H,14,15,17). The smallest absolute Gasteiger partial charge is 0.254 e.